The molecule has 0 amide bonds. The third kappa shape index (κ3) is 5.47. The number of para-hydroxylation sites is 1. The molecule has 2 heterocycles. The highest BCUT2D eigenvalue weighted by Crippen LogP contribution is 2.22. The van der Waals surface area contributed by atoms with Gasteiger partial charge in [0.15, 0.2) is 0 Å². The van der Waals surface area contributed by atoms with E-state index in [9.17, 15) is 4.39 Å². The van der Waals surface area contributed by atoms with E-state index < -0.39 is 6.17 Å². The van der Waals surface area contributed by atoms with Crippen LogP contribution in [-0.4, -0.2) is 65.3 Å². The van der Waals surface area contributed by atoms with Gasteiger partial charge in [-0.3, -0.25) is 4.90 Å². The quantitative estimate of drug-likeness (QED) is 0.736. The number of aromatic nitrogens is 2. The van der Waals surface area contributed by atoms with E-state index in [-0.39, 0.29) is 6.04 Å². The molecule has 0 aliphatic carbocycles. The molecule has 2 atom stereocenters. The molecule has 0 unspecified atom stereocenters. The van der Waals surface area contributed by atoms with Crippen LogP contribution in [0.3, 0.4) is 0 Å². The summed E-state index contributed by atoms with van der Waals surface area (Å²) in [6.45, 7) is 3.29. The van der Waals surface area contributed by atoms with Crippen molar-refractivity contribution in [3.8, 4) is 5.75 Å². The zero-order chi connectivity index (χ0) is 17.5. The first kappa shape index (κ1) is 17.8. The second-order valence-corrected chi connectivity index (χ2v) is 6.51. The number of likely N-dealkylation sites (tertiary alicyclic amines) is 1. The van der Waals surface area contributed by atoms with Crippen LogP contribution >= 0.6 is 0 Å². The topological polar surface area (TPSA) is 41.5 Å². The van der Waals surface area contributed by atoms with Crippen LogP contribution in [0.4, 0.5) is 4.39 Å². The maximum absolute atomic E-state index is 13.9. The van der Waals surface area contributed by atoms with Gasteiger partial charge in [0.05, 0.1) is 6.54 Å². The lowest BCUT2D eigenvalue weighted by atomic mass is 10.2. The Bertz CT molecular complexity index is 628. The zero-order valence-corrected chi connectivity index (χ0v) is 14.6. The van der Waals surface area contributed by atoms with Crippen molar-refractivity contribution >= 4 is 0 Å². The van der Waals surface area contributed by atoms with Crippen LogP contribution in [0.15, 0.2) is 48.8 Å². The molecule has 0 bridgehead atoms. The number of halogens is 1. The Morgan fingerprint density at radius 1 is 1.20 bits per heavy atom. The molecule has 134 valence electrons. The summed E-state index contributed by atoms with van der Waals surface area (Å²) in [6, 6.07) is 11.8. The minimum absolute atomic E-state index is 0.181. The van der Waals surface area contributed by atoms with Crippen LogP contribution < -0.4 is 4.74 Å². The van der Waals surface area contributed by atoms with Gasteiger partial charge in [0.1, 0.15) is 24.4 Å². The van der Waals surface area contributed by atoms with Crippen molar-refractivity contribution in [2.24, 2.45) is 0 Å². The average Bonchev–Trinajstić information content (AvgIpc) is 2.95. The van der Waals surface area contributed by atoms with Gasteiger partial charge in [-0.1, -0.05) is 18.2 Å². The predicted molar refractivity (Wildman–Crippen MR) is 95.2 cm³/mol. The van der Waals surface area contributed by atoms with E-state index in [0.29, 0.717) is 26.1 Å². The predicted octanol–water partition coefficient (Wildman–Crippen LogP) is 2.40. The molecule has 1 aromatic carbocycles. The summed E-state index contributed by atoms with van der Waals surface area (Å²) in [6.07, 6.45) is 3.25. The minimum Gasteiger partial charge on any atom is -0.492 e. The lowest BCUT2D eigenvalue weighted by Gasteiger charge is -2.27. The monoisotopic (exact) mass is 344 g/mol. The summed E-state index contributed by atoms with van der Waals surface area (Å²) in [5.41, 5.74) is 0. The molecule has 2 aromatic rings. The van der Waals surface area contributed by atoms with Crippen molar-refractivity contribution in [3.05, 3.63) is 54.6 Å². The Morgan fingerprint density at radius 2 is 1.96 bits per heavy atom. The summed E-state index contributed by atoms with van der Waals surface area (Å²) in [7, 11) is 2.05. The van der Waals surface area contributed by atoms with Gasteiger partial charge in [-0.2, -0.15) is 0 Å². The maximum atomic E-state index is 13.9. The third-order valence-electron chi connectivity index (χ3n) is 4.45. The smallest absolute Gasteiger partial charge is 0.142 e. The van der Waals surface area contributed by atoms with Gasteiger partial charge < -0.3 is 9.64 Å². The molecule has 1 saturated heterocycles. The number of ether oxygens (including phenoxy) is 1. The molecule has 6 heteroatoms. The molecule has 25 heavy (non-hydrogen) atoms. The molecule has 0 saturated carbocycles. The largest absolute Gasteiger partial charge is 0.492 e. The molecule has 0 spiro atoms. The van der Waals surface area contributed by atoms with Gasteiger partial charge in [0, 0.05) is 38.1 Å². The lowest BCUT2D eigenvalue weighted by molar-refractivity contribution is 0.164. The highest BCUT2D eigenvalue weighted by molar-refractivity contribution is 5.20. The summed E-state index contributed by atoms with van der Waals surface area (Å²) in [5.74, 6) is 1.63. The first-order valence-electron chi connectivity index (χ1n) is 8.71. The van der Waals surface area contributed by atoms with Crippen LogP contribution in [0.25, 0.3) is 0 Å². The zero-order valence-electron chi connectivity index (χ0n) is 14.6. The number of hydrogen-bond donors (Lipinski definition) is 0. The van der Waals surface area contributed by atoms with Crippen molar-refractivity contribution in [3.63, 3.8) is 0 Å². The van der Waals surface area contributed by atoms with Gasteiger partial charge in [0.25, 0.3) is 0 Å². The second-order valence-electron chi connectivity index (χ2n) is 6.51. The second kappa shape index (κ2) is 8.87. The fourth-order valence-corrected chi connectivity index (χ4v) is 3.19. The first-order chi connectivity index (χ1) is 12.2. The van der Waals surface area contributed by atoms with E-state index >= 15 is 0 Å². The Morgan fingerprint density at radius 3 is 2.72 bits per heavy atom. The SMILES string of the molecule is CN(CCOc1ccccc1)C[C@@H]1C[C@H](F)CN1Cc1ncccn1. The molecule has 5 nitrogen and oxygen atoms in total. The average molecular weight is 344 g/mol. The van der Waals surface area contributed by atoms with E-state index in [1.165, 1.54) is 0 Å². The van der Waals surface area contributed by atoms with E-state index in [1.54, 1.807) is 18.5 Å². The fraction of sp³-hybridized carbons (Fsp3) is 0.474. The maximum Gasteiger partial charge on any atom is 0.142 e. The van der Waals surface area contributed by atoms with Crippen molar-refractivity contribution in [1.29, 1.82) is 0 Å². The van der Waals surface area contributed by atoms with E-state index in [4.69, 9.17) is 4.74 Å². The third-order valence-corrected chi connectivity index (χ3v) is 4.45. The van der Waals surface area contributed by atoms with Gasteiger partial charge in [-0.05, 0) is 31.7 Å². The molecule has 1 aromatic heterocycles. The highest BCUT2D eigenvalue weighted by Gasteiger charge is 2.33. The van der Waals surface area contributed by atoms with Crippen molar-refractivity contribution in [2.75, 3.05) is 33.3 Å². The summed E-state index contributed by atoms with van der Waals surface area (Å²) < 4.78 is 19.7. The summed E-state index contributed by atoms with van der Waals surface area (Å²) in [5, 5.41) is 0. The van der Waals surface area contributed by atoms with Crippen LogP contribution in [-0.2, 0) is 6.54 Å². The number of likely N-dealkylation sites (N-methyl/N-ethyl adjacent to an activating group) is 1. The first-order valence-corrected chi connectivity index (χ1v) is 8.71. The van der Waals surface area contributed by atoms with Crippen molar-refractivity contribution in [2.45, 2.75) is 25.2 Å². The molecule has 1 aliphatic rings. The Balaban J connectivity index is 1.46. The molecule has 1 fully saturated rings. The van der Waals surface area contributed by atoms with Crippen LogP contribution in [0.5, 0.6) is 5.75 Å². The molecule has 0 N–H and O–H groups in total. The standard InChI is InChI=1S/C19H25FN4O/c1-23(10-11-25-18-6-3-2-4-7-18)14-17-12-16(20)13-24(17)15-19-21-8-5-9-22-19/h2-9,16-17H,10-15H2,1H3/t16-,17-/m0/s1. The summed E-state index contributed by atoms with van der Waals surface area (Å²) in [4.78, 5) is 12.9. The van der Waals surface area contributed by atoms with E-state index in [2.05, 4.69) is 26.8 Å². The minimum atomic E-state index is -0.775. The normalized spacial score (nSPS) is 20.9. The fourth-order valence-electron chi connectivity index (χ4n) is 3.19. The number of nitrogens with zero attached hydrogens (tertiary/aromatic N) is 4. The lowest BCUT2D eigenvalue weighted by Crippen LogP contribution is -2.40. The number of alkyl halides is 1. The molecular formula is C19H25FN4O. The Hall–Kier alpha value is -2.05. The summed E-state index contributed by atoms with van der Waals surface area (Å²) >= 11 is 0. The molecular weight excluding hydrogens is 319 g/mol. The Kier molecular flexibility index (Phi) is 6.30. The van der Waals surface area contributed by atoms with Gasteiger partial charge in [0.2, 0.25) is 0 Å². The molecule has 3 rings (SSSR count). The van der Waals surface area contributed by atoms with Crippen LogP contribution in [0, 0.1) is 0 Å². The van der Waals surface area contributed by atoms with Crippen LogP contribution in [0.2, 0.25) is 0 Å². The van der Waals surface area contributed by atoms with E-state index in [1.807, 2.05) is 30.3 Å². The highest BCUT2D eigenvalue weighted by atomic mass is 19.1. The van der Waals surface area contributed by atoms with Crippen molar-refractivity contribution < 1.29 is 9.13 Å². The Labute approximate surface area is 148 Å². The van der Waals surface area contributed by atoms with Gasteiger partial charge in [-0.25, -0.2) is 14.4 Å². The number of rotatable bonds is 8. The van der Waals surface area contributed by atoms with Crippen molar-refractivity contribution in [1.82, 2.24) is 19.8 Å². The number of hydrogen-bond acceptors (Lipinski definition) is 5. The van der Waals surface area contributed by atoms with Gasteiger partial charge >= 0.3 is 0 Å². The van der Waals surface area contributed by atoms with Gasteiger partial charge in [-0.15, -0.1) is 0 Å². The van der Waals surface area contributed by atoms with Crippen LogP contribution in [0.1, 0.15) is 12.2 Å². The molecule has 0 radical (unpaired) electrons. The van der Waals surface area contributed by atoms with E-state index in [0.717, 1.165) is 24.7 Å². The molecule has 1 aliphatic heterocycles. The number of benzene rings is 1.